The summed E-state index contributed by atoms with van der Waals surface area (Å²) in [4.78, 5) is 13.9. The molecule has 0 bridgehead atoms. The van der Waals surface area contributed by atoms with Crippen molar-refractivity contribution in [3.63, 3.8) is 0 Å². The predicted octanol–water partition coefficient (Wildman–Crippen LogP) is 4.23. The van der Waals surface area contributed by atoms with Gasteiger partial charge in [-0.3, -0.25) is 0 Å². The van der Waals surface area contributed by atoms with E-state index in [1.807, 2.05) is 6.07 Å². The summed E-state index contributed by atoms with van der Waals surface area (Å²) in [5, 5.41) is 11.4. The Bertz CT molecular complexity index is 611. The summed E-state index contributed by atoms with van der Waals surface area (Å²) in [5.74, 6) is 0. The number of thioether (sulfide) groups is 1. The van der Waals surface area contributed by atoms with Gasteiger partial charge in [-0.05, 0) is 48.9 Å². The minimum absolute atomic E-state index is 0.0463. The third kappa shape index (κ3) is 6.84. The molecule has 0 radical (unpaired) electrons. The Hall–Kier alpha value is -1.92. The van der Waals surface area contributed by atoms with Crippen LogP contribution in [0.15, 0.2) is 29.2 Å². The molecule has 1 aliphatic heterocycles. The van der Waals surface area contributed by atoms with Crippen LogP contribution in [0.2, 0.25) is 0 Å². The highest BCUT2D eigenvalue weighted by Gasteiger charge is 2.29. The molecule has 0 aromatic heterocycles. The molecule has 0 saturated carbocycles. The largest absolute Gasteiger partial charge is 0.446 e. The average Bonchev–Trinajstić information content (AvgIpc) is 3.05. The fourth-order valence-electron chi connectivity index (χ4n) is 2.44. The zero-order valence-electron chi connectivity index (χ0n) is 13.4. The van der Waals surface area contributed by atoms with Crippen molar-refractivity contribution < 1.29 is 22.7 Å². The molecule has 9 heteroatoms. The number of ether oxygens (including phenoxy) is 1. The zero-order chi connectivity index (χ0) is 18.3. The SMILES string of the molecule is N#CCCN(CC1CCCO1)C(=O)Nc1ccc(SC(F)(F)F)cc1. The molecule has 1 fully saturated rings. The van der Waals surface area contributed by atoms with Crippen molar-refractivity contribution in [3.8, 4) is 6.07 Å². The van der Waals surface area contributed by atoms with Gasteiger partial charge in [0.2, 0.25) is 0 Å². The maximum atomic E-state index is 12.4. The Labute approximate surface area is 148 Å². The van der Waals surface area contributed by atoms with Gasteiger partial charge in [-0.1, -0.05) is 0 Å². The second kappa shape index (κ2) is 8.97. The van der Waals surface area contributed by atoms with Gasteiger partial charge in [0.05, 0.1) is 18.6 Å². The molecule has 136 valence electrons. The molecule has 1 aromatic carbocycles. The van der Waals surface area contributed by atoms with Crippen LogP contribution in [-0.4, -0.2) is 42.2 Å². The number of nitrogens with one attached hydrogen (secondary N) is 1. The van der Waals surface area contributed by atoms with Gasteiger partial charge in [-0.25, -0.2) is 4.79 Å². The van der Waals surface area contributed by atoms with Gasteiger partial charge >= 0.3 is 11.5 Å². The monoisotopic (exact) mass is 373 g/mol. The van der Waals surface area contributed by atoms with E-state index in [1.165, 1.54) is 29.2 Å². The molecule has 1 unspecified atom stereocenters. The second-order valence-corrected chi connectivity index (χ2v) is 6.63. The van der Waals surface area contributed by atoms with Crippen molar-refractivity contribution >= 4 is 23.5 Å². The van der Waals surface area contributed by atoms with E-state index in [2.05, 4.69) is 5.32 Å². The maximum Gasteiger partial charge on any atom is 0.446 e. The number of hydrogen-bond donors (Lipinski definition) is 1. The standard InChI is InChI=1S/C16H18F3N3O2S/c17-16(18,19)25-14-6-4-12(5-7-14)21-15(23)22(9-2-8-20)11-13-3-1-10-24-13/h4-7,13H,1-3,9-11H2,(H,21,23). The Kier molecular flexibility index (Phi) is 6.96. The number of carbonyl (C=O) groups excluding carboxylic acids is 1. The number of halogens is 3. The highest BCUT2D eigenvalue weighted by molar-refractivity contribution is 8.00. The first-order valence-corrected chi connectivity index (χ1v) is 8.59. The van der Waals surface area contributed by atoms with Crippen LogP contribution in [0.25, 0.3) is 0 Å². The molecule has 1 aromatic rings. The molecule has 1 aliphatic rings. The summed E-state index contributed by atoms with van der Waals surface area (Å²) < 4.78 is 42.5. The first kappa shape index (κ1) is 19.4. The van der Waals surface area contributed by atoms with Crippen molar-refractivity contribution in [1.29, 1.82) is 5.26 Å². The molecule has 1 atom stereocenters. The van der Waals surface area contributed by atoms with Crippen molar-refractivity contribution in [2.45, 2.75) is 35.8 Å². The summed E-state index contributed by atoms with van der Waals surface area (Å²) in [5.41, 5.74) is -3.95. The Morgan fingerprint density at radius 2 is 2.12 bits per heavy atom. The van der Waals surface area contributed by atoms with Crippen LogP contribution in [0, 0.1) is 11.3 Å². The van der Waals surface area contributed by atoms with E-state index in [1.54, 1.807) is 0 Å². The van der Waals surface area contributed by atoms with E-state index >= 15 is 0 Å². The molecule has 1 N–H and O–H groups in total. The summed E-state index contributed by atoms with van der Waals surface area (Å²) in [6.07, 6.45) is 1.95. The number of hydrogen-bond acceptors (Lipinski definition) is 4. The zero-order valence-corrected chi connectivity index (χ0v) is 14.2. The molecule has 2 amide bonds. The molecular formula is C16H18F3N3O2S. The van der Waals surface area contributed by atoms with Crippen LogP contribution in [-0.2, 0) is 4.74 Å². The fraction of sp³-hybridized carbons (Fsp3) is 0.500. The number of rotatable bonds is 6. The molecule has 5 nitrogen and oxygen atoms in total. The summed E-state index contributed by atoms with van der Waals surface area (Å²) in [6, 6.07) is 7.03. The lowest BCUT2D eigenvalue weighted by molar-refractivity contribution is -0.0328. The third-order valence-electron chi connectivity index (χ3n) is 3.57. The van der Waals surface area contributed by atoms with E-state index < -0.39 is 11.5 Å². The van der Waals surface area contributed by atoms with Crippen molar-refractivity contribution in [2.24, 2.45) is 0 Å². The number of nitrogens with zero attached hydrogens (tertiary/aromatic N) is 2. The van der Waals surface area contributed by atoms with Crippen LogP contribution in [0.3, 0.4) is 0 Å². The molecule has 0 aliphatic carbocycles. The van der Waals surface area contributed by atoms with Gasteiger partial charge in [0.25, 0.3) is 0 Å². The van der Waals surface area contributed by atoms with Crippen molar-refractivity contribution in [3.05, 3.63) is 24.3 Å². The van der Waals surface area contributed by atoms with Gasteiger partial charge in [0.1, 0.15) is 0 Å². The van der Waals surface area contributed by atoms with Gasteiger partial charge in [-0.2, -0.15) is 18.4 Å². The predicted molar refractivity (Wildman–Crippen MR) is 88.1 cm³/mol. The minimum atomic E-state index is -4.35. The molecule has 0 spiro atoms. The molecule has 1 saturated heterocycles. The van der Waals surface area contributed by atoms with Crippen LogP contribution in [0.4, 0.5) is 23.7 Å². The Morgan fingerprint density at radius 3 is 2.68 bits per heavy atom. The van der Waals surface area contributed by atoms with E-state index in [0.717, 1.165) is 12.8 Å². The lowest BCUT2D eigenvalue weighted by atomic mass is 10.2. The normalized spacial score (nSPS) is 17.1. The van der Waals surface area contributed by atoms with Crippen LogP contribution in [0.5, 0.6) is 0 Å². The topological polar surface area (TPSA) is 65.4 Å². The molecular weight excluding hydrogens is 355 g/mol. The average molecular weight is 373 g/mol. The van der Waals surface area contributed by atoms with E-state index in [0.29, 0.717) is 18.8 Å². The van der Waals surface area contributed by atoms with Crippen LogP contribution < -0.4 is 5.32 Å². The Morgan fingerprint density at radius 1 is 1.40 bits per heavy atom. The van der Waals surface area contributed by atoms with E-state index in [9.17, 15) is 18.0 Å². The minimum Gasteiger partial charge on any atom is -0.376 e. The molecule has 2 rings (SSSR count). The highest BCUT2D eigenvalue weighted by Crippen LogP contribution is 2.37. The van der Waals surface area contributed by atoms with E-state index in [-0.39, 0.29) is 35.7 Å². The summed E-state index contributed by atoms with van der Waals surface area (Å²) in [7, 11) is 0. The summed E-state index contributed by atoms with van der Waals surface area (Å²) in [6.45, 7) is 1.32. The molecule has 25 heavy (non-hydrogen) atoms. The first-order chi connectivity index (χ1) is 11.9. The lowest BCUT2D eigenvalue weighted by Gasteiger charge is -2.25. The van der Waals surface area contributed by atoms with Crippen molar-refractivity contribution in [1.82, 2.24) is 4.90 Å². The Balaban J connectivity index is 1.95. The van der Waals surface area contributed by atoms with Crippen LogP contribution >= 0.6 is 11.8 Å². The smallest absolute Gasteiger partial charge is 0.376 e. The van der Waals surface area contributed by atoms with Gasteiger partial charge < -0.3 is 15.0 Å². The van der Waals surface area contributed by atoms with Crippen LogP contribution in [0.1, 0.15) is 19.3 Å². The van der Waals surface area contributed by atoms with Crippen molar-refractivity contribution in [2.75, 3.05) is 25.0 Å². The number of anilines is 1. The van der Waals surface area contributed by atoms with Gasteiger partial charge in [-0.15, -0.1) is 0 Å². The highest BCUT2D eigenvalue weighted by atomic mass is 32.2. The number of amides is 2. The first-order valence-electron chi connectivity index (χ1n) is 7.77. The van der Waals surface area contributed by atoms with Gasteiger partial charge in [0.15, 0.2) is 0 Å². The molecule has 1 heterocycles. The number of nitriles is 1. The second-order valence-electron chi connectivity index (χ2n) is 5.49. The summed E-state index contributed by atoms with van der Waals surface area (Å²) >= 11 is -0.209. The number of carbonyl (C=O) groups is 1. The quantitative estimate of drug-likeness (QED) is 0.758. The maximum absolute atomic E-state index is 12.4. The fourth-order valence-corrected chi connectivity index (χ4v) is 2.98. The number of alkyl halides is 3. The van der Waals surface area contributed by atoms with E-state index in [4.69, 9.17) is 10.00 Å². The lowest BCUT2D eigenvalue weighted by Crippen LogP contribution is -2.40. The number of benzene rings is 1. The third-order valence-corrected chi connectivity index (χ3v) is 4.31. The van der Waals surface area contributed by atoms with Gasteiger partial charge in [0, 0.05) is 30.3 Å². The number of urea groups is 1.